The van der Waals surface area contributed by atoms with Crippen molar-refractivity contribution in [2.75, 3.05) is 0 Å². The zero-order valence-electron chi connectivity index (χ0n) is 9.05. The highest BCUT2D eigenvalue weighted by Gasteiger charge is 2.09. The molecule has 2 heterocycles. The van der Waals surface area contributed by atoms with Crippen LogP contribution in [0.3, 0.4) is 0 Å². The van der Waals surface area contributed by atoms with Gasteiger partial charge in [0.15, 0.2) is 5.78 Å². The zero-order valence-corrected chi connectivity index (χ0v) is 10.6. The van der Waals surface area contributed by atoms with Crippen molar-refractivity contribution in [2.45, 2.75) is 17.0 Å². The number of aromatic nitrogens is 2. The van der Waals surface area contributed by atoms with Crippen LogP contribution < -0.4 is 0 Å². The van der Waals surface area contributed by atoms with Crippen molar-refractivity contribution in [1.82, 2.24) is 9.97 Å². The predicted molar refractivity (Wildman–Crippen MR) is 67.6 cm³/mol. The molecule has 0 unspecified atom stereocenters. The summed E-state index contributed by atoms with van der Waals surface area (Å²) in [5.74, 6) is -0.00503. The molecular formula is C12H9ClN2OS. The van der Waals surface area contributed by atoms with Crippen LogP contribution in [0.15, 0.2) is 46.7 Å². The van der Waals surface area contributed by atoms with Gasteiger partial charge in [0.05, 0.1) is 5.02 Å². The van der Waals surface area contributed by atoms with Crippen LogP contribution in [0.4, 0.5) is 0 Å². The molecule has 86 valence electrons. The molecule has 5 heteroatoms. The molecule has 2 aromatic heterocycles. The van der Waals surface area contributed by atoms with Crippen LogP contribution in [0.2, 0.25) is 5.02 Å². The van der Waals surface area contributed by atoms with E-state index in [1.54, 1.807) is 36.7 Å². The zero-order chi connectivity index (χ0) is 12.3. The SMILES string of the molecule is CC(=O)c1cccnc1Sc1ccc(Cl)cn1. The van der Waals surface area contributed by atoms with Gasteiger partial charge in [0.25, 0.3) is 0 Å². The Bertz CT molecular complexity index is 542. The van der Waals surface area contributed by atoms with Gasteiger partial charge in [0, 0.05) is 18.0 Å². The van der Waals surface area contributed by atoms with E-state index in [1.165, 1.54) is 18.7 Å². The van der Waals surface area contributed by atoms with Gasteiger partial charge in [0.1, 0.15) is 10.1 Å². The second-order valence-corrected chi connectivity index (χ2v) is 4.77. The molecule has 0 aliphatic rings. The van der Waals surface area contributed by atoms with Gasteiger partial charge in [-0.15, -0.1) is 0 Å². The first-order chi connectivity index (χ1) is 8.16. The van der Waals surface area contributed by atoms with Crippen molar-refractivity contribution in [2.24, 2.45) is 0 Å². The highest BCUT2D eigenvalue weighted by Crippen LogP contribution is 2.27. The molecule has 2 rings (SSSR count). The van der Waals surface area contributed by atoms with Gasteiger partial charge in [-0.25, -0.2) is 9.97 Å². The summed E-state index contributed by atoms with van der Waals surface area (Å²) in [6.45, 7) is 1.52. The Morgan fingerprint density at radius 1 is 1.29 bits per heavy atom. The van der Waals surface area contributed by atoms with E-state index in [0.29, 0.717) is 15.6 Å². The maximum Gasteiger partial charge on any atom is 0.162 e. The van der Waals surface area contributed by atoms with E-state index in [0.717, 1.165) is 5.03 Å². The Hall–Kier alpha value is -1.39. The minimum absolute atomic E-state index is 0.00503. The molecule has 0 aromatic carbocycles. The molecule has 0 N–H and O–H groups in total. The van der Waals surface area contributed by atoms with Gasteiger partial charge >= 0.3 is 0 Å². The molecule has 0 spiro atoms. The highest BCUT2D eigenvalue weighted by molar-refractivity contribution is 7.99. The lowest BCUT2D eigenvalue weighted by molar-refractivity contribution is 0.101. The second kappa shape index (κ2) is 5.29. The lowest BCUT2D eigenvalue weighted by atomic mass is 10.2. The summed E-state index contributed by atoms with van der Waals surface area (Å²) in [6, 6.07) is 7.06. The number of halogens is 1. The third-order valence-electron chi connectivity index (χ3n) is 2.05. The number of carbonyl (C=O) groups excluding carboxylic acids is 1. The van der Waals surface area contributed by atoms with Crippen LogP contribution in [-0.4, -0.2) is 15.8 Å². The van der Waals surface area contributed by atoms with Crippen LogP contribution in [0, 0.1) is 0 Å². The van der Waals surface area contributed by atoms with Crippen molar-refractivity contribution in [1.29, 1.82) is 0 Å². The summed E-state index contributed by atoms with van der Waals surface area (Å²) < 4.78 is 0. The average molecular weight is 265 g/mol. The summed E-state index contributed by atoms with van der Waals surface area (Å²) in [5, 5.41) is 2.01. The second-order valence-electron chi connectivity index (χ2n) is 3.33. The van der Waals surface area contributed by atoms with E-state index in [2.05, 4.69) is 9.97 Å². The fraction of sp³-hybridized carbons (Fsp3) is 0.0833. The largest absolute Gasteiger partial charge is 0.294 e. The number of hydrogen-bond donors (Lipinski definition) is 0. The Kier molecular flexibility index (Phi) is 3.76. The lowest BCUT2D eigenvalue weighted by Crippen LogP contribution is -1.97. The molecule has 0 saturated carbocycles. The third kappa shape index (κ3) is 3.05. The summed E-state index contributed by atoms with van der Waals surface area (Å²) >= 11 is 7.10. The van der Waals surface area contributed by atoms with E-state index in [4.69, 9.17) is 11.6 Å². The van der Waals surface area contributed by atoms with E-state index in [1.807, 2.05) is 0 Å². The van der Waals surface area contributed by atoms with Gasteiger partial charge in [0.2, 0.25) is 0 Å². The predicted octanol–water partition coefficient (Wildman–Crippen LogP) is 3.48. The van der Waals surface area contributed by atoms with E-state index in [9.17, 15) is 4.79 Å². The van der Waals surface area contributed by atoms with Crippen molar-refractivity contribution in [3.8, 4) is 0 Å². The molecule has 0 saturated heterocycles. The quantitative estimate of drug-likeness (QED) is 0.796. The Balaban J connectivity index is 2.30. The van der Waals surface area contributed by atoms with Gasteiger partial charge in [-0.2, -0.15) is 0 Å². The van der Waals surface area contributed by atoms with Gasteiger partial charge in [-0.3, -0.25) is 4.79 Å². The molecule has 0 aliphatic carbocycles. The lowest BCUT2D eigenvalue weighted by Gasteiger charge is -2.04. The first-order valence-corrected chi connectivity index (χ1v) is 6.11. The summed E-state index contributed by atoms with van der Waals surface area (Å²) in [5.41, 5.74) is 0.606. The monoisotopic (exact) mass is 264 g/mol. The highest BCUT2D eigenvalue weighted by atomic mass is 35.5. The normalized spacial score (nSPS) is 10.2. The maximum atomic E-state index is 11.4. The number of carbonyl (C=O) groups is 1. The summed E-state index contributed by atoms with van der Waals surface area (Å²) in [6.07, 6.45) is 3.23. The molecule has 0 bridgehead atoms. The Morgan fingerprint density at radius 3 is 2.76 bits per heavy atom. The van der Waals surface area contributed by atoms with Crippen molar-refractivity contribution in [3.05, 3.63) is 47.2 Å². The number of ketones is 1. The molecule has 0 aliphatic heterocycles. The molecule has 0 fully saturated rings. The molecule has 0 amide bonds. The van der Waals surface area contributed by atoms with Crippen LogP contribution >= 0.6 is 23.4 Å². The Labute approximate surface area is 108 Å². The van der Waals surface area contributed by atoms with Crippen LogP contribution in [0.25, 0.3) is 0 Å². The Morgan fingerprint density at radius 2 is 2.12 bits per heavy atom. The number of pyridine rings is 2. The van der Waals surface area contributed by atoms with E-state index in [-0.39, 0.29) is 5.78 Å². The summed E-state index contributed by atoms with van der Waals surface area (Å²) in [7, 11) is 0. The summed E-state index contributed by atoms with van der Waals surface area (Å²) in [4.78, 5) is 19.8. The van der Waals surface area contributed by atoms with Crippen molar-refractivity contribution in [3.63, 3.8) is 0 Å². The van der Waals surface area contributed by atoms with Crippen LogP contribution in [0.5, 0.6) is 0 Å². The molecule has 3 nitrogen and oxygen atoms in total. The molecule has 17 heavy (non-hydrogen) atoms. The van der Waals surface area contributed by atoms with Gasteiger partial charge < -0.3 is 0 Å². The molecule has 0 atom stereocenters. The van der Waals surface area contributed by atoms with E-state index >= 15 is 0 Å². The number of Topliss-reactive ketones (excluding diaryl/α,β-unsaturated/α-hetero) is 1. The smallest absolute Gasteiger partial charge is 0.162 e. The standard InChI is InChI=1S/C12H9ClN2OS/c1-8(16)10-3-2-6-14-12(10)17-11-5-4-9(13)7-15-11/h2-7H,1H3. The topological polar surface area (TPSA) is 42.9 Å². The average Bonchev–Trinajstić information content (AvgIpc) is 2.32. The minimum Gasteiger partial charge on any atom is -0.294 e. The van der Waals surface area contributed by atoms with Gasteiger partial charge in [-0.1, -0.05) is 11.6 Å². The van der Waals surface area contributed by atoms with Crippen LogP contribution in [0.1, 0.15) is 17.3 Å². The number of nitrogens with zero attached hydrogens (tertiary/aromatic N) is 2. The number of hydrogen-bond acceptors (Lipinski definition) is 4. The minimum atomic E-state index is -0.00503. The molecule has 0 radical (unpaired) electrons. The first-order valence-electron chi connectivity index (χ1n) is 4.92. The van der Waals surface area contributed by atoms with E-state index < -0.39 is 0 Å². The van der Waals surface area contributed by atoms with Crippen molar-refractivity contribution < 1.29 is 4.79 Å². The third-order valence-corrected chi connectivity index (χ3v) is 3.24. The maximum absolute atomic E-state index is 11.4. The van der Waals surface area contributed by atoms with Gasteiger partial charge in [-0.05, 0) is 43.0 Å². The first kappa shape index (κ1) is 12.1. The fourth-order valence-electron chi connectivity index (χ4n) is 1.26. The van der Waals surface area contributed by atoms with Crippen LogP contribution in [-0.2, 0) is 0 Å². The van der Waals surface area contributed by atoms with Crippen molar-refractivity contribution >= 4 is 29.1 Å². The molecule has 2 aromatic rings. The number of rotatable bonds is 3. The fourth-order valence-corrected chi connectivity index (χ4v) is 2.25. The molecular weight excluding hydrogens is 256 g/mol.